The number of carbonyl (C=O) groups is 1. The minimum atomic E-state index is 0.143. The number of benzene rings is 1. The number of aromatic nitrogens is 3. The van der Waals surface area contributed by atoms with E-state index in [0.29, 0.717) is 37.0 Å². The fourth-order valence-electron chi connectivity index (χ4n) is 2.55. The molecule has 6 heteroatoms. The number of nitrogens with zero attached hydrogens (tertiary/aromatic N) is 3. The van der Waals surface area contributed by atoms with E-state index in [9.17, 15) is 4.79 Å². The van der Waals surface area contributed by atoms with Crippen molar-refractivity contribution in [2.45, 2.75) is 26.7 Å². The van der Waals surface area contributed by atoms with E-state index in [1.807, 2.05) is 51.2 Å². The Balaban J connectivity index is 1.64. The standard InChI is InChI=1S/C18H22N4O2/c1-12(2)10-17(23)22(3)9-8-16-20-18(24-21-16)15-11-13-6-4-5-7-14(13)19-15/h4-7,11-12,19H,8-10H2,1-3H3. The average molecular weight is 326 g/mol. The second kappa shape index (κ2) is 6.86. The highest BCUT2D eigenvalue weighted by molar-refractivity contribution is 5.84. The average Bonchev–Trinajstić information content (AvgIpc) is 3.18. The zero-order chi connectivity index (χ0) is 17.1. The highest BCUT2D eigenvalue weighted by Gasteiger charge is 2.14. The van der Waals surface area contributed by atoms with E-state index in [1.165, 1.54) is 0 Å². The van der Waals surface area contributed by atoms with Crippen LogP contribution >= 0.6 is 0 Å². The van der Waals surface area contributed by atoms with Crippen molar-refractivity contribution in [1.82, 2.24) is 20.0 Å². The molecule has 0 saturated carbocycles. The molecule has 3 aromatic rings. The predicted molar refractivity (Wildman–Crippen MR) is 92.4 cm³/mol. The molecule has 1 aromatic carbocycles. The molecule has 0 aliphatic rings. The molecule has 0 unspecified atom stereocenters. The molecule has 0 spiro atoms. The van der Waals surface area contributed by atoms with Crippen LogP contribution in [0.2, 0.25) is 0 Å². The number of H-pyrrole nitrogens is 1. The minimum absolute atomic E-state index is 0.143. The summed E-state index contributed by atoms with van der Waals surface area (Å²) >= 11 is 0. The molecule has 0 aliphatic carbocycles. The van der Waals surface area contributed by atoms with Gasteiger partial charge in [0.05, 0.1) is 0 Å². The van der Waals surface area contributed by atoms with E-state index >= 15 is 0 Å². The van der Waals surface area contributed by atoms with Crippen LogP contribution in [-0.2, 0) is 11.2 Å². The minimum Gasteiger partial charge on any atom is -0.351 e. The van der Waals surface area contributed by atoms with Gasteiger partial charge >= 0.3 is 0 Å². The van der Waals surface area contributed by atoms with Gasteiger partial charge in [-0.2, -0.15) is 4.98 Å². The van der Waals surface area contributed by atoms with Gasteiger partial charge in [0.15, 0.2) is 5.82 Å². The molecule has 0 bridgehead atoms. The molecule has 1 amide bonds. The summed E-state index contributed by atoms with van der Waals surface area (Å²) in [6, 6.07) is 9.99. The van der Waals surface area contributed by atoms with Gasteiger partial charge in [-0.1, -0.05) is 37.2 Å². The van der Waals surface area contributed by atoms with Crippen LogP contribution in [0.5, 0.6) is 0 Å². The van der Waals surface area contributed by atoms with E-state index in [-0.39, 0.29) is 5.91 Å². The molecule has 3 rings (SSSR count). The maximum atomic E-state index is 12.0. The fourth-order valence-corrected chi connectivity index (χ4v) is 2.55. The molecule has 2 heterocycles. The van der Waals surface area contributed by atoms with E-state index < -0.39 is 0 Å². The second-order valence-corrected chi connectivity index (χ2v) is 6.45. The number of aromatic amines is 1. The van der Waals surface area contributed by atoms with Crippen molar-refractivity contribution >= 4 is 16.8 Å². The third kappa shape index (κ3) is 3.64. The Morgan fingerprint density at radius 2 is 2.12 bits per heavy atom. The summed E-state index contributed by atoms with van der Waals surface area (Å²) in [5, 5.41) is 5.11. The largest absolute Gasteiger partial charge is 0.351 e. The third-order valence-electron chi connectivity index (χ3n) is 3.91. The monoisotopic (exact) mass is 326 g/mol. The third-order valence-corrected chi connectivity index (χ3v) is 3.91. The van der Waals surface area contributed by atoms with Crippen LogP contribution in [0.4, 0.5) is 0 Å². The number of hydrogen-bond donors (Lipinski definition) is 1. The van der Waals surface area contributed by atoms with Crippen LogP contribution in [0.15, 0.2) is 34.9 Å². The van der Waals surface area contributed by atoms with Crippen LogP contribution in [0.3, 0.4) is 0 Å². The maximum absolute atomic E-state index is 12.0. The number of hydrogen-bond acceptors (Lipinski definition) is 4. The number of para-hydroxylation sites is 1. The van der Waals surface area contributed by atoms with Crippen LogP contribution in [0.1, 0.15) is 26.1 Å². The summed E-state index contributed by atoms with van der Waals surface area (Å²) < 4.78 is 5.34. The first-order valence-electron chi connectivity index (χ1n) is 8.17. The number of fused-ring (bicyclic) bond motifs is 1. The normalized spacial score (nSPS) is 11.3. The van der Waals surface area contributed by atoms with E-state index in [4.69, 9.17) is 4.52 Å². The maximum Gasteiger partial charge on any atom is 0.274 e. The zero-order valence-corrected chi connectivity index (χ0v) is 14.2. The molecule has 0 radical (unpaired) electrons. The lowest BCUT2D eigenvalue weighted by Gasteiger charge is -2.17. The second-order valence-electron chi connectivity index (χ2n) is 6.45. The van der Waals surface area contributed by atoms with Crippen LogP contribution in [0.25, 0.3) is 22.5 Å². The number of amides is 1. The topological polar surface area (TPSA) is 75.0 Å². The molecular weight excluding hydrogens is 304 g/mol. The van der Waals surface area contributed by atoms with E-state index in [1.54, 1.807) is 4.90 Å². The highest BCUT2D eigenvalue weighted by Crippen LogP contribution is 2.22. The Morgan fingerprint density at radius 3 is 2.88 bits per heavy atom. The lowest BCUT2D eigenvalue weighted by atomic mass is 10.1. The lowest BCUT2D eigenvalue weighted by Crippen LogP contribution is -2.29. The summed E-state index contributed by atoms with van der Waals surface area (Å²) in [5.41, 5.74) is 1.84. The number of rotatable bonds is 6. The van der Waals surface area contributed by atoms with Crippen molar-refractivity contribution in [3.8, 4) is 11.6 Å². The Bertz CT molecular complexity index is 801. The lowest BCUT2D eigenvalue weighted by molar-refractivity contribution is -0.130. The Labute approximate surface area is 140 Å². The van der Waals surface area contributed by atoms with Gasteiger partial charge in [-0.3, -0.25) is 4.79 Å². The molecule has 2 aromatic heterocycles. The molecule has 24 heavy (non-hydrogen) atoms. The smallest absolute Gasteiger partial charge is 0.274 e. The molecule has 1 N–H and O–H groups in total. The molecule has 0 aliphatic heterocycles. The zero-order valence-electron chi connectivity index (χ0n) is 14.2. The van der Waals surface area contributed by atoms with E-state index in [2.05, 4.69) is 15.1 Å². The Hall–Kier alpha value is -2.63. The summed E-state index contributed by atoms with van der Waals surface area (Å²) in [5.74, 6) is 1.58. The van der Waals surface area contributed by atoms with Gasteiger partial charge in [-0.25, -0.2) is 0 Å². The summed E-state index contributed by atoms with van der Waals surface area (Å²) in [7, 11) is 1.81. The Morgan fingerprint density at radius 1 is 1.33 bits per heavy atom. The first-order chi connectivity index (χ1) is 11.5. The van der Waals surface area contributed by atoms with Gasteiger partial charge in [-0.05, 0) is 18.1 Å². The van der Waals surface area contributed by atoms with E-state index in [0.717, 1.165) is 16.6 Å². The number of carbonyl (C=O) groups excluding carboxylic acids is 1. The SMILES string of the molecule is CC(C)CC(=O)N(C)CCc1noc(-c2cc3ccccc3[nH]2)n1. The fraction of sp³-hybridized carbons (Fsp3) is 0.389. The molecule has 126 valence electrons. The van der Waals surface area contributed by atoms with Gasteiger partial charge in [-0.15, -0.1) is 0 Å². The molecule has 0 fully saturated rings. The van der Waals surface area contributed by atoms with Gasteiger partial charge in [0.2, 0.25) is 5.91 Å². The highest BCUT2D eigenvalue weighted by atomic mass is 16.5. The Kier molecular flexibility index (Phi) is 4.64. The summed E-state index contributed by atoms with van der Waals surface area (Å²) in [4.78, 5) is 21.4. The molecule has 6 nitrogen and oxygen atoms in total. The summed E-state index contributed by atoms with van der Waals surface area (Å²) in [6.45, 7) is 4.66. The quantitative estimate of drug-likeness (QED) is 0.754. The molecular formula is C18H22N4O2. The number of nitrogens with one attached hydrogen (secondary N) is 1. The van der Waals surface area contributed by atoms with Crippen molar-refractivity contribution in [3.63, 3.8) is 0 Å². The molecule has 0 atom stereocenters. The number of likely N-dealkylation sites (N-methyl/N-ethyl adjacent to an activating group) is 1. The van der Waals surface area contributed by atoms with Gasteiger partial charge in [0.1, 0.15) is 5.69 Å². The van der Waals surface area contributed by atoms with Crippen molar-refractivity contribution in [1.29, 1.82) is 0 Å². The van der Waals surface area contributed by atoms with Crippen molar-refractivity contribution < 1.29 is 9.32 Å². The van der Waals surface area contributed by atoms with Crippen molar-refractivity contribution in [2.75, 3.05) is 13.6 Å². The van der Waals surface area contributed by atoms with Crippen LogP contribution < -0.4 is 0 Å². The van der Waals surface area contributed by atoms with Gasteiger partial charge in [0.25, 0.3) is 5.89 Å². The van der Waals surface area contributed by atoms with Crippen molar-refractivity contribution in [3.05, 3.63) is 36.2 Å². The van der Waals surface area contributed by atoms with Crippen LogP contribution in [0, 0.1) is 5.92 Å². The van der Waals surface area contributed by atoms with Crippen molar-refractivity contribution in [2.24, 2.45) is 5.92 Å². The predicted octanol–water partition coefficient (Wildman–Crippen LogP) is 3.26. The van der Waals surface area contributed by atoms with Crippen LogP contribution in [-0.4, -0.2) is 39.5 Å². The first kappa shape index (κ1) is 16.2. The first-order valence-corrected chi connectivity index (χ1v) is 8.17. The summed E-state index contributed by atoms with van der Waals surface area (Å²) in [6.07, 6.45) is 1.13. The van der Waals surface area contributed by atoms with Gasteiger partial charge < -0.3 is 14.4 Å². The molecule has 0 saturated heterocycles. The van der Waals surface area contributed by atoms with Gasteiger partial charge in [0, 0.05) is 37.3 Å².